The van der Waals surface area contributed by atoms with Gasteiger partial charge in [-0.05, 0) is 20.8 Å². The summed E-state index contributed by atoms with van der Waals surface area (Å²) in [5, 5.41) is 0. The fraction of sp³-hybridized carbons (Fsp3) is 0.778. The van der Waals surface area contributed by atoms with Gasteiger partial charge in [-0.1, -0.05) is 0 Å². The maximum atomic E-state index is 5.75. The molecule has 3 nitrogen and oxygen atoms in total. The maximum Gasteiger partial charge on any atom is 0.516 e. The minimum atomic E-state index is -2.50. The molecule has 0 heterocycles. The van der Waals surface area contributed by atoms with Crippen molar-refractivity contribution in [3.05, 3.63) is 13.2 Å². The van der Waals surface area contributed by atoms with Gasteiger partial charge >= 0.3 is 8.80 Å². The molecule has 0 fully saturated rings. The van der Waals surface area contributed by atoms with Gasteiger partial charge in [-0.25, -0.2) is 0 Å². The van der Waals surface area contributed by atoms with Gasteiger partial charge in [0.15, 0.2) is 0 Å². The van der Waals surface area contributed by atoms with E-state index in [0.29, 0.717) is 25.3 Å². The Hall–Kier alpha value is 0.127. The first-order chi connectivity index (χ1) is 6.74. The minimum Gasteiger partial charge on any atom is -0.373 e. The van der Waals surface area contributed by atoms with Gasteiger partial charge in [0.1, 0.15) is 0 Å². The van der Waals surface area contributed by atoms with Crippen molar-refractivity contribution in [2.24, 2.45) is 0 Å². The molecule has 0 aliphatic heterocycles. The Morgan fingerprint density at radius 2 is 1.21 bits per heavy atom. The van der Waals surface area contributed by atoms with Gasteiger partial charge in [-0.3, -0.25) is 0 Å². The van der Waals surface area contributed by atoms with E-state index in [1.807, 2.05) is 20.8 Å². The third-order valence-corrected chi connectivity index (χ3v) is 4.75. The summed E-state index contributed by atoms with van der Waals surface area (Å²) in [7, 11) is -2.50. The molecule has 0 saturated carbocycles. The molecule has 0 rings (SSSR count). The largest absolute Gasteiger partial charge is 0.516 e. The SMILES string of the molecule is C=C.CCO[Si](CCl)(OCC)OCC. The van der Waals surface area contributed by atoms with Crippen molar-refractivity contribution in [1.29, 1.82) is 0 Å². The lowest BCUT2D eigenvalue weighted by Gasteiger charge is -2.25. The first-order valence-electron chi connectivity index (χ1n) is 4.72. The van der Waals surface area contributed by atoms with Gasteiger partial charge in [0.05, 0.1) is 5.50 Å². The molecule has 0 saturated heterocycles. The summed E-state index contributed by atoms with van der Waals surface area (Å²) in [4.78, 5) is 0. The summed E-state index contributed by atoms with van der Waals surface area (Å²) in [5.74, 6) is 0. The van der Waals surface area contributed by atoms with E-state index in [1.54, 1.807) is 0 Å². The Kier molecular flexibility index (Phi) is 13.2. The average Bonchev–Trinajstić information content (AvgIpc) is 2.22. The van der Waals surface area contributed by atoms with E-state index in [2.05, 4.69) is 13.2 Å². The zero-order valence-electron chi connectivity index (χ0n) is 9.35. The molecule has 0 unspecified atom stereocenters. The van der Waals surface area contributed by atoms with E-state index in [4.69, 9.17) is 24.9 Å². The molecule has 0 radical (unpaired) electrons. The van der Waals surface area contributed by atoms with Crippen LogP contribution in [0.1, 0.15) is 20.8 Å². The highest BCUT2D eigenvalue weighted by molar-refractivity contribution is 6.69. The van der Waals surface area contributed by atoms with Crippen LogP contribution in [0.15, 0.2) is 13.2 Å². The summed E-state index contributed by atoms with van der Waals surface area (Å²) in [6.45, 7) is 13.5. The van der Waals surface area contributed by atoms with Crippen LogP contribution in [0.5, 0.6) is 0 Å². The number of hydrogen-bond donors (Lipinski definition) is 0. The Morgan fingerprint density at radius 1 is 0.929 bits per heavy atom. The van der Waals surface area contributed by atoms with E-state index >= 15 is 0 Å². The first-order valence-corrected chi connectivity index (χ1v) is 7.19. The molecular weight excluding hydrogens is 220 g/mol. The van der Waals surface area contributed by atoms with Crippen molar-refractivity contribution in [3.63, 3.8) is 0 Å². The summed E-state index contributed by atoms with van der Waals surface area (Å²) in [5.41, 5.74) is 0.322. The molecule has 0 aromatic rings. The minimum absolute atomic E-state index is 0.322. The lowest BCUT2D eigenvalue weighted by atomic mass is 10.9. The number of halogens is 1. The highest BCUT2D eigenvalue weighted by Crippen LogP contribution is 2.11. The van der Waals surface area contributed by atoms with Gasteiger partial charge in [0.25, 0.3) is 0 Å². The molecule has 0 spiro atoms. The van der Waals surface area contributed by atoms with Crippen molar-refractivity contribution < 1.29 is 13.3 Å². The number of alkyl halides is 1. The van der Waals surface area contributed by atoms with Crippen molar-refractivity contribution in [2.75, 3.05) is 25.3 Å². The first kappa shape index (κ1) is 16.6. The van der Waals surface area contributed by atoms with E-state index in [-0.39, 0.29) is 0 Å². The smallest absolute Gasteiger partial charge is 0.373 e. The van der Waals surface area contributed by atoms with Crippen LogP contribution in [0.2, 0.25) is 0 Å². The van der Waals surface area contributed by atoms with Gasteiger partial charge < -0.3 is 13.3 Å². The summed E-state index contributed by atoms with van der Waals surface area (Å²) < 4.78 is 16.3. The molecule has 0 atom stereocenters. The fourth-order valence-electron chi connectivity index (χ4n) is 0.900. The molecule has 0 aromatic carbocycles. The highest BCUT2D eigenvalue weighted by atomic mass is 35.5. The van der Waals surface area contributed by atoms with E-state index in [1.165, 1.54) is 0 Å². The van der Waals surface area contributed by atoms with Crippen molar-refractivity contribution in [2.45, 2.75) is 20.8 Å². The van der Waals surface area contributed by atoms with Crippen LogP contribution in [-0.2, 0) is 13.3 Å². The van der Waals surface area contributed by atoms with Gasteiger partial charge in [-0.15, -0.1) is 24.8 Å². The quantitative estimate of drug-likeness (QED) is 0.389. The van der Waals surface area contributed by atoms with Gasteiger partial charge in [0, 0.05) is 19.8 Å². The molecule has 0 aromatic heterocycles. The van der Waals surface area contributed by atoms with Crippen molar-refractivity contribution in [1.82, 2.24) is 0 Å². The monoisotopic (exact) mass is 240 g/mol. The summed E-state index contributed by atoms with van der Waals surface area (Å²) in [6, 6.07) is 0. The Balaban J connectivity index is 0. The zero-order valence-corrected chi connectivity index (χ0v) is 11.1. The summed E-state index contributed by atoms with van der Waals surface area (Å²) >= 11 is 5.75. The second kappa shape index (κ2) is 11.2. The molecule has 14 heavy (non-hydrogen) atoms. The van der Waals surface area contributed by atoms with Crippen LogP contribution in [0.4, 0.5) is 0 Å². The van der Waals surface area contributed by atoms with Crippen LogP contribution in [-0.4, -0.2) is 34.1 Å². The second-order valence-corrected chi connectivity index (χ2v) is 5.42. The van der Waals surface area contributed by atoms with Crippen molar-refractivity contribution >= 4 is 20.4 Å². The van der Waals surface area contributed by atoms with Crippen LogP contribution in [0, 0.1) is 0 Å². The molecule has 86 valence electrons. The predicted octanol–water partition coefficient (Wildman–Crippen LogP) is 2.62. The maximum absolute atomic E-state index is 5.75. The predicted molar refractivity (Wildman–Crippen MR) is 62.6 cm³/mol. The highest BCUT2D eigenvalue weighted by Gasteiger charge is 2.39. The van der Waals surface area contributed by atoms with Gasteiger partial charge in [-0.2, -0.15) is 0 Å². The zero-order chi connectivity index (χ0) is 11.4. The topological polar surface area (TPSA) is 27.7 Å². The van der Waals surface area contributed by atoms with E-state index < -0.39 is 8.80 Å². The Bertz CT molecular complexity index is 108. The molecule has 5 heteroatoms. The lowest BCUT2D eigenvalue weighted by molar-refractivity contribution is 0.0769. The Morgan fingerprint density at radius 3 is 1.36 bits per heavy atom. The number of hydrogen-bond acceptors (Lipinski definition) is 3. The lowest BCUT2D eigenvalue weighted by Crippen LogP contribution is -2.48. The average molecular weight is 241 g/mol. The van der Waals surface area contributed by atoms with Crippen LogP contribution < -0.4 is 0 Å². The molecule has 0 aliphatic carbocycles. The van der Waals surface area contributed by atoms with Crippen molar-refractivity contribution in [3.8, 4) is 0 Å². The fourth-order valence-corrected chi connectivity index (χ4v) is 3.40. The Labute approximate surface area is 93.4 Å². The molecule has 0 bridgehead atoms. The number of rotatable bonds is 7. The normalized spacial score (nSPS) is 10.6. The van der Waals surface area contributed by atoms with Crippen LogP contribution in [0.25, 0.3) is 0 Å². The molecule has 0 amide bonds. The standard InChI is InChI=1S/C7H17ClO3Si.C2H4/c1-4-9-12(7-8,10-5-2)11-6-3;1-2/h4-7H2,1-3H3;1-2H2. The van der Waals surface area contributed by atoms with E-state index in [0.717, 1.165) is 0 Å². The molecular formula is C9H21ClO3Si. The molecule has 0 aliphatic rings. The summed E-state index contributed by atoms with van der Waals surface area (Å²) in [6.07, 6.45) is 0. The van der Waals surface area contributed by atoms with Crippen LogP contribution >= 0.6 is 11.6 Å². The van der Waals surface area contributed by atoms with E-state index in [9.17, 15) is 0 Å². The van der Waals surface area contributed by atoms with Gasteiger partial charge in [0.2, 0.25) is 0 Å². The third kappa shape index (κ3) is 6.56. The molecule has 0 N–H and O–H groups in total. The third-order valence-electron chi connectivity index (χ3n) is 1.26. The second-order valence-electron chi connectivity index (χ2n) is 2.12. The van der Waals surface area contributed by atoms with Crippen LogP contribution in [0.3, 0.4) is 0 Å².